The Morgan fingerprint density at radius 2 is 1.90 bits per heavy atom. The lowest BCUT2D eigenvalue weighted by atomic mass is 10.0. The SMILES string of the molecule is CC1CCCC(C)N1S(=O)(=O)c1cccc2nsnc12. The lowest BCUT2D eigenvalue weighted by Gasteiger charge is -2.37. The molecular formula is C13H17N3O2S2. The molecule has 2 aromatic rings. The first-order chi connectivity index (χ1) is 9.51. The Kier molecular flexibility index (Phi) is 3.51. The van der Waals surface area contributed by atoms with Gasteiger partial charge in [-0.2, -0.15) is 13.1 Å². The smallest absolute Gasteiger partial charge is 0.207 e. The van der Waals surface area contributed by atoms with Gasteiger partial charge in [0, 0.05) is 12.1 Å². The van der Waals surface area contributed by atoms with Crippen molar-refractivity contribution in [2.75, 3.05) is 0 Å². The summed E-state index contributed by atoms with van der Waals surface area (Å²) in [5, 5.41) is 0. The van der Waals surface area contributed by atoms with E-state index in [0.29, 0.717) is 11.0 Å². The van der Waals surface area contributed by atoms with Gasteiger partial charge in [-0.1, -0.05) is 12.5 Å². The van der Waals surface area contributed by atoms with Crippen LogP contribution in [-0.4, -0.2) is 33.6 Å². The van der Waals surface area contributed by atoms with E-state index in [9.17, 15) is 8.42 Å². The van der Waals surface area contributed by atoms with E-state index in [0.717, 1.165) is 31.0 Å². The fourth-order valence-corrected chi connectivity index (χ4v) is 5.61. The second kappa shape index (κ2) is 5.05. The van der Waals surface area contributed by atoms with Crippen molar-refractivity contribution in [1.82, 2.24) is 13.1 Å². The molecule has 0 bridgehead atoms. The molecule has 2 atom stereocenters. The van der Waals surface area contributed by atoms with Gasteiger partial charge < -0.3 is 0 Å². The Balaban J connectivity index is 2.14. The Morgan fingerprint density at radius 1 is 1.20 bits per heavy atom. The van der Waals surface area contributed by atoms with Crippen LogP contribution in [0.3, 0.4) is 0 Å². The van der Waals surface area contributed by atoms with E-state index in [-0.39, 0.29) is 17.0 Å². The summed E-state index contributed by atoms with van der Waals surface area (Å²) in [6.07, 6.45) is 2.90. The molecule has 0 aliphatic carbocycles. The zero-order chi connectivity index (χ0) is 14.3. The van der Waals surface area contributed by atoms with Gasteiger partial charge in [-0.05, 0) is 38.8 Å². The fourth-order valence-electron chi connectivity index (χ4n) is 2.97. The number of hydrogen-bond donors (Lipinski definition) is 0. The van der Waals surface area contributed by atoms with Crippen molar-refractivity contribution < 1.29 is 8.42 Å². The molecule has 2 unspecified atom stereocenters. The summed E-state index contributed by atoms with van der Waals surface area (Å²) >= 11 is 1.05. The first kappa shape index (κ1) is 13.9. The van der Waals surface area contributed by atoms with Crippen LogP contribution in [0, 0.1) is 0 Å². The highest BCUT2D eigenvalue weighted by Crippen LogP contribution is 2.32. The van der Waals surface area contributed by atoms with Gasteiger partial charge in [0.25, 0.3) is 0 Å². The van der Waals surface area contributed by atoms with Crippen molar-refractivity contribution in [2.45, 2.75) is 50.1 Å². The molecule has 20 heavy (non-hydrogen) atoms. The van der Waals surface area contributed by atoms with Crippen molar-refractivity contribution in [1.29, 1.82) is 0 Å². The van der Waals surface area contributed by atoms with E-state index in [1.54, 1.807) is 22.5 Å². The van der Waals surface area contributed by atoms with Crippen LogP contribution in [-0.2, 0) is 10.0 Å². The maximum Gasteiger partial charge on any atom is 0.245 e. The zero-order valence-electron chi connectivity index (χ0n) is 11.5. The second-order valence-electron chi connectivity index (χ2n) is 5.35. The molecule has 0 spiro atoms. The molecule has 1 aromatic heterocycles. The minimum Gasteiger partial charge on any atom is -0.207 e. The van der Waals surface area contributed by atoms with Crippen molar-refractivity contribution in [3.8, 4) is 0 Å². The van der Waals surface area contributed by atoms with Gasteiger partial charge in [-0.3, -0.25) is 0 Å². The van der Waals surface area contributed by atoms with Crippen molar-refractivity contribution in [2.24, 2.45) is 0 Å². The largest absolute Gasteiger partial charge is 0.245 e. The summed E-state index contributed by atoms with van der Waals surface area (Å²) in [7, 11) is -3.52. The predicted octanol–water partition coefficient (Wildman–Crippen LogP) is 2.64. The molecule has 1 aromatic carbocycles. The van der Waals surface area contributed by atoms with Gasteiger partial charge in [0.15, 0.2) is 0 Å². The molecule has 1 fully saturated rings. The summed E-state index contributed by atoms with van der Waals surface area (Å²) in [5.74, 6) is 0. The lowest BCUT2D eigenvalue weighted by molar-refractivity contribution is 0.204. The lowest BCUT2D eigenvalue weighted by Crippen LogP contribution is -2.47. The van der Waals surface area contributed by atoms with Crippen LogP contribution >= 0.6 is 11.7 Å². The number of hydrogen-bond acceptors (Lipinski definition) is 5. The van der Waals surface area contributed by atoms with E-state index >= 15 is 0 Å². The van der Waals surface area contributed by atoms with Crippen LogP contribution in [0.4, 0.5) is 0 Å². The molecule has 1 aliphatic rings. The maximum absolute atomic E-state index is 13.0. The first-order valence-corrected chi connectivity index (χ1v) is 8.93. The van der Waals surface area contributed by atoms with E-state index in [2.05, 4.69) is 8.75 Å². The molecule has 7 heteroatoms. The third-order valence-electron chi connectivity index (χ3n) is 3.92. The van der Waals surface area contributed by atoms with Crippen LogP contribution in [0.1, 0.15) is 33.1 Å². The molecule has 0 amide bonds. The van der Waals surface area contributed by atoms with Gasteiger partial charge in [-0.15, -0.1) is 0 Å². The number of sulfonamides is 1. The Bertz CT molecular complexity index is 716. The molecule has 0 radical (unpaired) electrons. The Morgan fingerprint density at radius 3 is 2.60 bits per heavy atom. The van der Waals surface area contributed by atoms with Crippen LogP contribution in [0.2, 0.25) is 0 Å². The van der Waals surface area contributed by atoms with Crippen LogP contribution in [0.15, 0.2) is 23.1 Å². The standard InChI is InChI=1S/C13H17N3O2S2/c1-9-5-3-6-10(2)16(9)20(17,18)12-8-4-7-11-13(12)15-19-14-11/h4,7-10H,3,5-6H2,1-2H3. The summed E-state index contributed by atoms with van der Waals surface area (Å²) in [4.78, 5) is 0.282. The maximum atomic E-state index is 13.0. The fraction of sp³-hybridized carbons (Fsp3) is 0.538. The number of fused-ring (bicyclic) bond motifs is 1. The third kappa shape index (κ3) is 2.13. The molecule has 0 N–H and O–H groups in total. The van der Waals surface area contributed by atoms with E-state index in [1.165, 1.54) is 0 Å². The summed E-state index contributed by atoms with van der Waals surface area (Å²) in [6, 6.07) is 5.22. The molecular weight excluding hydrogens is 294 g/mol. The number of rotatable bonds is 2. The average Bonchev–Trinajstić information content (AvgIpc) is 2.85. The van der Waals surface area contributed by atoms with Crippen LogP contribution < -0.4 is 0 Å². The molecule has 1 aliphatic heterocycles. The van der Waals surface area contributed by atoms with Gasteiger partial charge in [-0.25, -0.2) is 8.42 Å². The van der Waals surface area contributed by atoms with Crippen LogP contribution in [0.25, 0.3) is 11.0 Å². The van der Waals surface area contributed by atoms with E-state index in [1.807, 2.05) is 13.8 Å². The molecule has 5 nitrogen and oxygen atoms in total. The summed E-state index contributed by atoms with van der Waals surface area (Å²) in [5.41, 5.74) is 1.14. The predicted molar refractivity (Wildman–Crippen MR) is 79.2 cm³/mol. The third-order valence-corrected chi connectivity index (χ3v) is 6.62. The zero-order valence-corrected chi connectivity index (χ0v) is 13.1. The summed E-state index contributed by atoms with van der Waals surface area (Å²) < 4.78 is 35.9. The highest BCUT2D eigenvalue weighted by atomic mass is 32.2. The topological polar surface area (TPSA) is 63.2 Å². The van der Waals surface area contributed by atoms with Crippen LogP contribution in [0.5, 0.6) is 0 Å². The first-order valence-electron chi connectivity index (χ1n) is 6.76. The van der Waals surface area contributed by atoms with Gasteiger partial charge in [0.1, 0.15) is 15.9 Å². The summed E-state index contributed by atoms with van der Waals surface area (Å²) in [6.45, 7) is 3.96. The molecule has 2 heterocycles. The normalized spacial score (nSPS) is 25.1. The molecule has 108 valence electrons. The van der Waals surface area contributed by atoms with Gasteiger partial charge >= 0.3 is 0 Å². The molecule has 1 saturated heterocycles. The Labute approximate surface area is 123 Å². The van der Waals surface area contributed by atoms with E-state index < -0.39 is 10.0 Å². The average molecular weight is 311 g/mol. The highest BCUT2D eigenvalue weighted by molar-refractivity contribution is 7.89. The van der Waals surface area contributed by atoms with E-state index in [4.69, 9.17) is 0 Å². The number of benzene rings is 1. The number of aromatic nitrogens is 2. The minimum absolute atomic E-state index is 0.0330. The monoisotopic (exact) mass is 311 g/mol. The Hall–Kier alpha value is -1.05. The van der Waals surface area contributed by atoms with Crippen molar-refractivity contribution >= 4 is 32.8 Å². The van der Waals surface area contributed by atoms with Gasteiger partial charge in [0.2, 0.25) is 10.0 Å². The highest BCUT2D eigenvalue weighted by Gasteiger charge is 2.36. The number of piperidine rings is 1. The second-order valence-corrected chi connectivity index (χ2v) is 7.69. The molecule has 3 rings (SSSR count). The molecule has 0 saturated carbocycles. The van der Waals surface area contributed by atoms with Crippen molar-refractivity contribution in [3.63, 3.8) is 0 Å². The quantitative estimate of drug-likeness (QED) is 0.855. The minimum atomic E-state index is -3.52. The number of nitrogens with zero attached hydrogens (tertiary/aromatic N) is 3. The van der Waals surface area contributed by atoms with Crippen molar-refractivity contribution in [3.05, 3.63) is 18.2 Å². The van der Waals surface area contributed by atoms with Gasteiger partial charge in [0.05, 0.1) is 11.7 Å².